The summed E-state index contributed by atoms with van der Waals surface area (Å²) in [6, 6.07) is 15.8. The number of rotatable bonds is 3. The van der Waals surface area contributed by atoms with Crippen LogP contribution in [0.5, 0.6) is 11.5 Å². The summed E-state index contributed by atoms with van der Waals surface area (Å²) in [6.45, 7) is 7.06. The number of esters is 1. The number of ether oxygens (including phenoxy) is 2. The average Bonchev–Trinajstić information content (AvgIpc) is 2.57. The molecule has 0 aromatic heterocycles. The first-order valence-electron chi connectivity index (χ1n) is 7.41. The summed E-state index contributed by atoms with van der Waals surface area (Å²) in [6.07, 6.45) is 0. The molecule has 0 saturated heterocycles. The van der Waals surface area contributed by atoms with Crippen molar-refractivity contribution in [3.05, 3.63) is 60.2 Å². The maximum atomic E-state index is 11.8. The van der Waals surface area contributed by atoms with Crippen LogP contribution in [-0.2, 0) is 4.79 Å². The molecular formula is C19H24O4. The van der Waals surface area contributed by atoms with Gasteiger partial charge in [0.2, 0.25) is 0 Å². The highest BCUT2D eigenvalue weighted by molar-refractivity contribution is 5.90. The zero-order chi connectivity index (χ0) is 17.7. The van der Waals surface area contributed by atoms with Crippen molar-refractivity contribution in [2.24, 2.45) is 0 Å². The Hall–Kier alpha value is -2.62. The molecule has 0 atom stereocenters. The van der Waals surface area contributed by atoms with Crippen LogP contribution in [0.4, 0.5) is 0 Å². The van der Waals surface area contributed by atoms with Gasteiger partial charge >= 0.3 is 5.97 Å². The molecule has 0 unspecified atom stereocenters. The molecule has 4 nitrogen and oxygen atoms in total. The Kier molecular flexibility index (Phi) is 10.6. The molecule has 0 N–H and O–H groups in total. The molecule has 0 fully saturated rings. The van der Waals surface area contributed by atoms with E-state index in [2.05, 4.69) is 0 Å². The zero-order valence-corrected chi connectivity index (χ0v) is 14.3. The van der Waals surface area contributed by atoms with E-state index in [9.17, 15) is 9.59 Å². The van der Waals surface area contributed by atoms with Crippen molar-refractivity contribution in [2.45, 2.75) is 27.7 Å². The van der Waals surface area contributed by atoms with Gasteiger partial charge in [-0.05, 0) is 38.1 Å². The predicted molar refractivity (Wildman–Crippen MR) is 92.1 cm³/mol. The number of benzene rings is 2. The maximum absolute atomic E-state index is 11.8. The molecule has 0 radical (unpaired) electrons. The highest BCUT2D eigenvalue weighted by atomic mass is 16.5. The summed E-state index contributed by atoms with van der Waals surface area (Å²) >= 11 is 0. The van der Waals surface area contributed by atoms with Gasteiger partial charge in [-0.1, -0.05) is 38.1 Å². The Labute approximate surface area is 138 Å². The summed E-state index contributed by atoms with van der Waals surface area (Å²) in [4.78, 5) is 21.2. The minimum Gasteiger partial charge on any atom is -0.497 e. The number of ketones is 1. The van der Waals surface area contributed by atoms with Gasteiger partial charge in [0, 0.05) is 6.07 Å². The molecule has 0 aliphatic heterocycles. The van der Waals surface area contributed by atoms with Crippen LogP contribution in [0.25, 0.3) is 0 Å². The van der Waals surface area contributed by atoms with Gasteiger partial charge in [-0.15, -0.1) is 0 Å². The van der Waals surface area contributed by atoms with Crippen molar-refractivity contribution in [3.8, 4) is 11.5 Å². The van der Waals surface area contributed by atoms with Crippen LogP contribution in [0.1, 0.15) is 38.1 Å². The van der Waals surface area contributed by atoms with E-state index in [0.717, 1.165) is 0 Å². The third kappa shape index (κ3) is 9.09. The fourth-order valence-electron chi connectivity index (χ4n) is 1.40. The fourth-order valence-corrected chi connectivity index (χ4v) is 1.40. The van der Waals surface area contributed by atoms with Gasteiger partial charge in [0.15, 0.2) is 0 Å². The van der Waals surface area contributed by atoms with Crippen LogP contribution in [0.3, 0.4) is 0 Å². The average molecular weight is 316 g/mol. The Morgan fingerprint density at radius 2 is 1.35 bits per heavy atom. The third-order valence-electron chi connectivity index (χ3n) is 2.26. The molecule has 4 heteroatoms. The number of carbonyl (C=O) groups excluding carboxylic acids is 2. The van der Waals surface area contributed by atoms with E-state index in [4.69, 9.17) is 9.47 Å². The maximum Gasteiger partial charge on any atom is 0.343 e. The van der Waals surface area contributed by atoms with Crippen LogP contribution in [0.2, 0.25) is 0 Å². The van der Waals surface area contributed by atoms with Crippen molar-refractivity contribution in [1.29, 1.82) is 0 Å². The quantitative estimate of drug-likeness (QED) is 0.616. The van der Waals surface area contributed by atoms with E-state index in [-0.39, 0.29) is 11.8 Å². The standard InChI is InChI=1S/C14H12O3.C3H6O.C2H6/c1-16-12-8-5-9-13(10-12)17-14(15)11-6-3-2-4-7-11;1-3(2)4;1-2/h2-10H,1H3;1-2H3;1-2H3. The lowest BCUT2D eigenvalue weighted by atomic mass is 10.2. The van der Waals surface area contributed by atoms with Gasteiger partial charge in [-0.2, -0.15) is 0 Å². The lowest BCUT2D eigenvalue weighted by molar-refractivity contribution is -0.115. The molecule has 0 aliphatic rings. The van der Waals surface area contributed by atoms with Gasteiger partial charge in [0.05, 0.1) is 12.7 Å². The van der Waals surface area contributed by atoms with Gasteiger partial charge in [-0.3, -0.25) is 0 Å². The van der Waals surface area contributed by atoms with Crippen molar-refractivity contribution in [2.75, 3.05) is 7.11 Å². The zero-order valence-electron chi connectivity index (χ0n) is 14.3. The van der Waals surface area contributed by atoms with Crippen molar-refractivity contribution in [1.82, 2.24) is 0 Å². The Morgan fingerprint density at radius 3 is 1.87 bits per heavy atom. The van der Waals surface area contributed by atoms with Crippen LogP contribution in [0.15, 0.2) is 54.6 Å². The number of hydrogen-bond donors (Lipinski definition) is 0. The molecule has 0 amide bonds. The smallest absolute Gasteiger partial charge is 0.343 e. The van der Waals surface area contributed by atoms with Crippen molar-refractivity contribution >= 4 is 11.8 Å². The summed E-state index contributed by atoms with van der Waals surface area (Å²) in [7, 11) is 1.57. The first-order chi connectivity index (χ1) is 11.0. The van der Waals surface area contributed by atoms with Gasteiger partial charge < -0.3 is 14.3 Å². The van der Waals surface area contributed by atoms with E-state index in [1.165, 1.54) is 13.8 Å². The normalized spacial score (nSPS) is 8.57. The number of Topliss-reactive ketones (excluding diaryl/α,β-unsaturated/α-hetero) is 1. The van der Waals surface area contributed by atoms with Crippen molar-refractivity contribution in [3.63, 3.8) is 0 Å². The first kappa shape index (κ1) is 20.4. The topological polar surface area (TPSA) is 52.6 Å². The van der Waals surface area contributed by atoms with E-state index in [1.807, 2.05) is 19.9 Å². The SMILES string of the molecule is CC.CC(C)=O.COc1cccc(OC(=O)c2ccccc2)c1. The second-order valence-electron chi connectivity index (χ2n) is 4.34. The number of carbonyl (C=O) groups is 2. The molecule has 0 aliphatic carbocycles. The molecule has 23 heavy (non-hydrogen) atoms. The van der Waals surface area contributed by atoms with Gasteiger partial charge in [0.1, 0.15) is 17.3 Å². The van der Waals surface area contributed by atoms with E-state index >= 15 is 0 Å². The van der Waals surface area contributed by atoms with E-state index in [0.29, 0.717) is 17.1 Å². The lowest BCUT2D eigenvalue weighted by Gasteiger charge is -2.05. The van der Waals surface area contributed by atoms with Crippen LogP contribution in [-0.4, -0.2) is 18.9 Å². The van der Waals surface area contributed by atoms with E-state index < -0.39 is 0 Å². The van der Waals surface area contributed by atoms with Crippen LogP contribution in [0, 0.1) is 0 Å². The minimum atomic E-state index is -0.376. The number of methoxy groups -OCH3 is 1. The largest absolute Gasteiger partial charge is 0.497 e. The highest BCUT2D eigenvalue weighted by Gasteiger charge is 2.07. The Balaban J connectivity index is 0.000000705. The minimum absolute atomic E-state index is 0.167. The Morgan fingerprint density at radius 1 is 0.826 bits per heavy atom. The number of hydrogen-bond acceptors (Lipinski definition) is 4. The molecule has 0 spiro atoms. The van der Waals surface area contributed by atoms with Crippen molar-refractivity contribution < 1.29 is 19.1 Å². The predicted octanol–water partition coefficient (Wildman–Crippen LogP) is 4.54. The van der Waals surface area contributed by atoms with Gasteiger partial charge in [-0.25, -0.2) is 4.79 Å². The molecule has 0 heterocycles. The lowest BCUT2D eigenvalue weighted by Crippen LogP contribution is -2.08. The Bertz CT molecular complexity index is 587. The molecule has 0 saturated carbocycles. The van der Waals surface area contributed by atoms with Crippen LogP contribution < -0.4 is 9.47 Å². The molecule has 124 valence electrons. The summed E-state index contributed by atoms with van der Waals surface area (Å²) in [5.41, 5.74) is 0.523. The molecule has 2 aromatic carbocycles. The van der Waals surface area contributed by atoms with Crippen LogP contribution >= 0.6 is 0 Å². The highest BCUT2D eigenvalue weighted by Crippen LogP contribution is 2.19. The third-order valence-corrected chi connectivity index (χ3v) is 2.26. The van der Waals surface area contributed by atoms with Gasteiger partial charge in [0.25, 0.3) is 0 Å². The fraction of sp³-hybridized carbons (Fsp3) is 0.263. The molecule has 0 bridgehead atoms. The molecule has 2 rings (SSSR count). The molecule has 2 aromatic rings. The summed E-state index contributed by atoms with van der Waals surface area (Å²) in [5.74, 6) is 0.917. The summed E-state index contributed by atoms with van der Waals surface area (Å²) in [5, 5.41) is 0. The van der Waals surface area contributed by atoms with E-state index in [1.54, 1.807) is 55.6 Å². The monoisotopic (exact) mass is 316 g/mol. The second-order valence-corrected chi connectivity index (χ2v) is 4.34. The summed E-state index contributed by atoms with van der Waals surface area (Å²) < 4.78 is 10.3. The second kappa shape index (κ2) is 12.0. The first-order valence-corrected chi connectivity index (χ1v) is 7.41. The molecular weight excluding hydrogens is 292 g/mol.